The summed E-state index contributed by atoms with van der Waals surface area (Å²) in [6.07, 6.45) is 6.92. The van der Waals surface area contributed by atoms with Crippen LogP contribution in [0.1, 0.15) is 45.4 Å². The van der Waals surface area contributed by atoms with Crippen molar-refractivity contribution in [1.82, 2.24) is 0 Å². The van der Waals surface area contributed by atoms with Crippen LogP contribution in [0.4, 0.5) is 0 Å². The molecule has 0 aromatic heterocycles. The van der Waals surface area contributed by atoms with Gasteiger partial charge in [-0.25, -0.2) is 0 Å². The van der Waals surface area contributed by atoms with Crippen molar-refractivity contribution in [2.75, 3.05) is 6.79 Å². The fourth-order valence-corrected chi connectivity index (χ4v) is 6.05. The van der Waals surface area contributed by atoms with Crippen LogP contribution in [0.25, 0.3) is 0 Å². The van der Waals surface area contributed by atoms with Crippen molar-refractivity contribution in [2.24, 2.45) is 23.2 Å². The number of hydrogen-bond acceptors (Lipinski definition) is 4. The first-order valence-electron chi connectivity index (χ1n) is 9.22. The Balaban J connectivity index is 1.33. The Labute approximate surface area is 142 Å². The van der Waals surface area contributed by atoms with Gasteiger partial charge in [0, 0.05) is 11.5 Å². The van der Waals surface area contributed by atoms with E-state index in [1.807, 2.05) is 25.1 Å². The van der Waals surface area contributed by atoms with Gasteiger partial charge in [-0.2, -0.15) is 0 Å². The lowest BCUT2D eigenvalue weighted by Gasteiger charge is -2.56. The molecule has 0 radical (unpaired) electrons. The van der Waals surface area contributed by atoms with Crippen LogP contribution in [-0.4, -0.2) is 18.7 Å². The van der Waals surface area contributed by atoms with Crippen LogP contribution in [0.5, 0.6) is 17.2 Å². The first-order chi connectivity index (χ1) is 11.6. The molecule has 128 valence electrons. The van der Waals surface area contributed by atoms with E-state index in [0.717, 1.165) is 42.8 Å². The van der Waals surface area contributed by atoms with Crippen molar-refractivity contribution in [1.29, 1.82) is 0 Å². The number of fused-ring (bicyclic) bond motifs is 1. The van der Waals surface area contributed by atoms with Crippen LogP contribution >= 0.6 is 0 Å². The first kappa shape index (κ1) is 14.6. The molecule has 1 heterocycles. The molecule has 0 N–H and O–H groups in total. The Morgan fingerprint density at radius 1 is 1.08 bits per heavy atom. The Morgan fingerprint density at radius 2 is 1.71 bits per heavy atom. The Morgan fingerprint density at radius 3 is 2.38 bits per heavy atom. The number of rotatable bonds is 4. The summed E-state index contributed by atoms with van der Waals surface area (Å²) in [5.74, 6) is 4.77. The molecule has 4 bridgehead atoms. The zero-order valence-corrected chi connectivity index (χ0v) is 14.1. The van der Waals surface area contributed by atoms with Gasteiger partial charge >= 0.3 is 0 Å². The summed E-state index contributed by atoms with van der Waals surface area (Å²) in [7, 11) is 0. The van der Waals surface area contributed by atoms with Gasteiger partial charge in [-0.1, -0.05) is 0 Å². The smallest absolute Gasteiger partial charge is 0.231 e. The maximum absolute atomic E-state index is 13.3. The van der Waals surface area contributed by atoms with Crippen LogP contribution in [0.2, 0.25) is 0 Å². The van der Waals surface area contributed by atoms with Crippen molar-refractivity contribution in [3.8, 4) is 17.2 Å². The molecule has 0 amide bonds. The van der Waals surface area contributed by atoms with Crippen LogP contribution in [0.15, 0.2) is 18.2 Å². The molecule has 1 aliphatic heterocycles. The fraction of sp³-hybridized carbons (Fsp3) is 0.650. The molecular weight excluding hydrogens is 304 g/mol. The van der Waals surface area contributed by atoms with Crippen molar-refractivity contribution in [2.45, 2.75) is 51.6 Å². The van der Waals surface area contributed by atoms with Crippen molar-refractivity contribution in [3.63, 3.8) is 0 Å². The highest BCUT2D eigenvalue weighted by molar-refractivity contribution is 5.89. The van der Waals surface area contributed by atoms with Gasteiger partial charge in [0.2, 0.25) is 6.79 Å². The SMILES string of the molecule is C[C@H](Oc1ccc2c(c1)OCO2)C(=O)C12CC3CC(CC(C3)C1)C2. The highest BCUT2D eigenvalue weighted by Crippen LogP contribution is 2.60. The van der Waals surface area contributed by atoms with E-state index in [4.69, 9.17) is 14.2 Å². The summed E-state index contributed by atoms with van der Waals surface area (Å²) in [5, 5.41) is 0. The monoisotopic (exact) mass is 328 g/mol. The van der Waals surface area contributed by atoms with Gasteiger partial charge in [-0.05, 0) is 75.3 Å². The quantitative estimate of drug-likeness (QED) is 0.839. The standard InChI is InChI=1S/C20H24O4/c1-12(24-16-2-3-17-18(7-16)23-11-22-17)19(21)20-8-13-4-14(9-20)6-15(5-13)10-20/h2-3,7,12-15H,4-6,8-11H2,1H3/t12-,13?,14?,15?,20?/m0/s1. The number of carbonyl (C=O) groups is 1. The minimum absolute atomic E-state index is 0.107. The third-order valence-electron chi connectivity index (χ3n) is 6.59. The van der Waals surface area contributed by atoms with E-state index < -0.39 is 6.10 Å². The molecule has 4 heteroatoms. The van der Waals surface area contributed by atoms with E-state index >= 15 is 0 Å². The van der Waals surface area contributed by atoms with E-state index in [2.05, 4.69) is 0 Å². The number of ketones is 1. The first-order valence-corrected chi connectivity index (χ1v) is 9.22. The highest BCUT2D eigenvalue weighted by atomic mass is 16.7. The molecule has 4 aliphatic carbocycles. The van der Waals surface area contributed by atoms with Crippen LogP contribution in [0, 0.1) is 23.2 Å². The molecule has 0 spiro atoms. The summed E-state index contributed by atoms with van der Waals surface area (Å²) in [4.78, 5) is 13.3. The van der Waals surface area contributed by atoms with E-state index in [0.29, 0.717) is 17.3 Å². The molecule has 24 heavy (non-hydrogen) atoms. The second-order valence-corrected chi connectivity index (χ2v) is 8.34. The number of hydrogen-bond donors (Lipinski definition) is 0. The number of carbonyl (C=O) groups excluding carboxylic acids is 1. The van der Waals surface area contributed by atoms with Gasteiger partial charge < -0.3 is 14.2 Å². The van der Waals surface area contributed by atoms with E-state index in [9.17, 15) is 4.79 Å². The van der Waals surface area contributed by atoms with Crippen molar-refractivity contribution in [3.05, 3.63) is 18.2 Å². The number of Topliss-reactive ketones (excluding diaryl/α,β-unsaturated/α-hetero) is 1. The summed E-state index contributed by atoms with van der Waals surface area (Å²) >= 11 is 0. The minimum Gasteiger partial charge on any atom is -0.483 e. The van der Waals surface area contributed by atoms with Crippen molar-refractivity contribution < 1.29 is 19.0 Å². The third kappa shape index (κ3) is 2.22. The second kappa shape index (κ2) is 5.14. The normalized spacial score (nSPS) is 36.6. The molecule has 4 saturated carbocycles. The molecule has 4 fully saturated rings. The van der Waals surface area contributed by atoms with E-state index in [-0.39, 0.29) is 12.2 Å². The maximum Gasteiger partial charge on any atom is 0.231 e. The lowest BCUT2D eigenvalue weighted by molar-refractivity contribution is -0.150. The predicted octanol–water partition coefficient (Wildman–Crippen LogP) is 3.97. The molecule has 1 atom stereocenters. The number of benzene rings is 1. The molecule has 0 saturated heterocycles. The molecule has 6 rings (SSSR count). The number of ether oxygens (including phenoxy) is 3. The molecule has 4 nitrogen and oxygen atoms in total. The second-order valence-electron chi connectivity index (χ2n) is 8.34. The summed E-state index contributed by atoms with van der Waals surface area (Å²) in [5.41, 5.74) is -0.107. The Hall–Kier alpha value is -1.71. The third-order valence-corrected chi connectivity index (χ3v) is 6.59. The summed E-state index contributed by atoms with van der Waals surface area (Å²) in [6.45, 7) is 2.16. The predicted molar refractivity (Wildman–Crippen MR) is 88.3 cm³/mol. The average molecular weight is 328 g/mol. The van der Waals surface area contributed by atoms with Gasteiger partial charge in [0.25, 0.3) is 0 Å². The van der Waals surface area contributed by atoms with Crippen molar-refractivity contribution >= 4 is 5.78 Å². The Bertz CT molecular complexity index is 645. The average Bonchev–Trinajstić information content (AvgIpc) is 3.00. The topological polar surface area (TPSA) is 44.8 Å². The maximum atomic E-state index is 13.3. The summed E-state index contributed by atoms with van der Waals surface area (Å²) < 4.78 is 16.7. The molecule has 1 aromatic rings. The van der Waals surface area contributed by atoms with Gasteiger partial charge in [0.1, 0.15) is 5.75 Å². The van der Waals surface area contributed by atoms with Crippen LogP contribution < -0.4 is 14.2 Å². The molecule has 5 aliphatic rings. The molecular formula is C20H24O4. The van der Waals surface area contributed by atoms with Gasteiger partial charge in [-0.3, -0.25) is 4.79 Å². The lowest BCUT2D eigenvalue weighted by atomic mass is 9.48. The zero-order chi connectivity index (χ0) is 16.3. The largest absolute Gasteiger partial charge is 0.483 e. The van der Waals surface area contributed by atoms with Crippen LogP contribution in [0.3, 0.4) is 0 Å². The van der Waals surface area contributed by atoms with E-state index in [1.54, 1.807) is 0 Å². The highest BCUT2D eigenvalue weighted by Gasteiger charge is 2.55. The lowest BCUT2D eigenvalue weighted by Crippen LogP contribution is -2.53. The Kier molecular flexibility index (Phi) is 3.13. The van der Waals surface area contributed by atoms with E-state index in [1.165, 1.54) is 19.3 Å². The fourth-order valence-electron chi connectivity index (χ4n) is 6.05. The minimum atomic E-state index is -0.401. The molecule has 0 unspecified atom stereocenters. The molecule has 1 aromatic carbocycles. The zero-order valence-electron chi connectivity index (χ0n) is 14.1. The van der Waals surface area contributed by atoms with Gasteiger partial charge in [0.15, 0.2) is 23.4 Å². The van der Waals surface area contributed by atoms with Gasteiger partial charge in [-0.15, -0.1) is 0 Å². The van der Waals surface area contributed by atoms with Gasteiger partial charge in [0.05, 0.1) is 0 Å². The van der Waals surface area contributed by atoms with Crippen LogP contribution in [-0.2, 0) is 4.79 Å². The summed E-state index contributed by atoms with van der Waals surface area (Å²) in [6, 6.07) is 5.53.